The first kappa shape index (κ1) is 20.2. The Morgan fingerprint density at radius 3 is 2.69 bits per heavy atom. The number of pyridine rings is 1. The second-order valence-corrected chi connectivity index (χ2v) is 7.83. The molecule has 2 amide bonds. The monoisotopic (exact) mass is 363 g/mol. The lowest BCUT2D eigenvalue weighted by Gasteiger charge is -2.26. The second kappa shape index (κ2) is 8.49. The number of aromatic nitrogens is 1. The third-order valence-corrected chi connectivity index (χ3v) is 4.33. The van der Waals surface area contributed by atoms with Crippen LogP contribution < -0.4 is 15.8 Å². The maximum Gasteiger partial charge on any atom is 0.267 e. The molecule has 2 rings (SSSR count). The molecule has 1 saturated heterocycles. The number of rotatable bonds is 7. The standard InChI is InChI=1S/C19H29N3O4/c1-19(2,3)10-14(18(24)21-4)13-7-8-15(22-16(13)17(20)23)26-11-12-6-5-9-25-12/h7-8,12,14H,5-6,9-11H2,1-4H3,(H2,20,23)(H,21,24)/t12?,14-/m0/s1. The minimum Gasteiger partial charge on any atom is -0.475 e. The molecule has 1 aliphatic rings. The van der Waals surface area contributed by atoms with Crippen molar-refractivity contribution in [2.24, 2.45) is 11.1 Å². The van der Waals surface area contributed by atoms with Crippen LogP contribution in [0.1, 0.15) is 62.0 Å². The van der Waals surface area contributed by atoms with Gasteiger partial charge >= 0.3 is 0 Å². The molecule has 144 valence electrons. The largest absolute Gasteiger partial charge is 0.475 e. The number of likely N-dealkylation sites (N-methyl/N-ethyl adjacent to an activating group) is 1. The van der Waals surface area contributed by atoms with E-state index in [9.17, 15) is 9.59 Å². The van der Waals surface area contributed by atoms with E-state index in [1.165, 1.54) is 0 Å². The third-order valence-electron chi connectivity index (χ3n) is 4.33. The summed E-state index contributed by atoms with van der Waals surface area (Å²) in [6.45, 7) is 7.25. The highest BCUT2D eigenvalue weighted by atomic mass is 16.5. The summed E-state index contributed by atoms with van der Waals surface area (Å²) in [5.41, 5.74) is 6.02. The van der Waals surface area contributed by atoms with E-state index in [4.69, 9.17) is 15.2 Å². The van der Waals surface area contributed by atoms with Crippen molar-refractivity contribution >= 4 is 11.8 Å². The van der Waals surface area contributed by atoms with Gasteiger partial charge in [-0.25, -0.2) is 4.98 Å². The van der Waals surface area contributed by atoms with Crippen molar-refractivity contribution in [3.05, 3.63) is 23.4 Å². The van der Waals surface area contributed by atoms with Crippen LogP contribution in [0, 0.1) is 5.41 Å². The number of hydrogen-bond acceptors (Lipinski definition) is 5. The highest BCUT2D eigenvalue weighted by Crippen LogP contribution is 2.33. The van der Waals surface area contributed by atoms with Gasteiger partial charge in [0.2, 0.25) is 11.8 Å². The number of hydrogen-bond donors (Lipinski definition) is 2. The van der Waals surface area contributed by atoms with Gasteiger partial charge in [0.15, 0.2) is 0 Å². The van der Waals surface area contributed by atoms with Gasteiger partial charge in [0.1, 0.15) is 12.3 Å². The topological polar surface area (TPSA) is 104 Å². The predicted molar refractivity (Wildman–Crippen MR) is 98.1 cm³/mol. The van der Waals surface area contributed by atoms with Gasteiger partial charge < -0.3 is 20.5 Å². The van der Waals surface area contributed by atoms with Crippen LogP contribution in [0.4, 0.5) is 0 Å². The second-order valence-electron chi connectivity index (χ2n) is 7.83. The van der Waals surface area contributed by atoms with Gasteiger partial charge in [0.05, 0.1) is 12.0 Å². The molecule has 1 aromatic heterocycles. The van der Waals surface area contributed by atoms with Crippen LogP contribution in [-0.2, 0) is 9.53 Å². The zero-order valence-corrected chi connectivity index (χ0v) is 16.0. The van der Waals surface area contributed by atoms with Crippen LogP contribution >= 0.6 is 0 Å². The lowest BCUT2D eigenvalue weighted by atomic mass is 9.80. The molecule has 1 unspecified atom stereocenters. The smallest absolute Gasteiger partial charge is 0.267 e. The summed E-state index contributed by atoms with van der Waals surface area (Å²) in [6.07, 6.45) is 2.58. The average molecular weight is 363 g/mol. The SMILES string of the molecule is CNC(=O)[C@@H](CC(C)(C)C)c1ccc(OCC2CCCO2)nc1C(N)=O. The first-order chi connectivity index (χ1) is 12.2. The normalized spacial score (nSPS) is 18.4. The Bertz CT molecular complexity index is 649. The number of amides is 2. The van der Waals surface area contributed by atoms with Crippen molar-refractivity contribution in [3.63, 3.8) is 0 Å². The predicted octanol–water partition coefficient (Wildman–Crippen LogP) is 2.00. The Hall–Kier alpha value is -2.15. The third kappa shape index (κ3) is 5.42. The van der Waals surface area contributed by atoms with E-state index < -0.39 is 11.8 Å². The molecule has 0 aromatic carbocycles. The molecule has 0 spiro atoms. The summed E-state index contributed by atoms with van der Waals surface area (Å²) >= 11 is 0. The van der Waals surface area contributed by atoms with Gasteiger partial charge in [-0.15, -0.1) is 0 Å². The van der Waals surface area contributed by atoms with E-state index in [-0.39, 0.29) is 23.1 Å². The van der Waals surface area contributed by atoms with Crippen molar-refractivity contribution in [3.8, 4) is 5.88 Å². The fourth-order valence-corrected chi connectivity index (χ4v) is 3.10. The van der Waals surface area contributed by atoms with E-state index in [0.29, 0.717) is 24.5 Å². The van der Waals surface area contributed by atoms with Crippen LogP contribution in [0.15, 0.2) is 12.1 Å². The Labute approximate surface area is 154 Å². The number of ether oxygens (including phenoxy) is 2. The first-order valence-corrected chi connectivity index (χ1v) is 8.98. The molecule has 1 aliphatic heterocycles. The van der Waals surface area contributed by atoms with E-state index in [1.54, 1.807) is 19.2 Å². The molecule has 7 heteroatoms. The van der Waals surface area contributed by atoms with Gasteiger partial charge in [0.25, 0.3) is 5.91 Å². The summed E-state index contributed by atoms with van der Waals surface area (Å²) in [7, 11) is 1.58. The fraction of sp³-hybridized carbons (Fsp3) is 0.632. The zero-order chi connectivity index (χ0) is 19.3. The van der Waals surface area contributed by atoms with Gasteiger partial charge in [-0.05, 0) is 30.2 Å². The highest BCUT2D eigenvalue weighted by molar-refractivity contribution is 5.95. The molecular formula is C19H29N3O4. The summed E-state index contributed by atoms with van der Waals surface area (Å²) in [4.78, 5) is 28.6. The molecular weight excluding hydrogens is 334 g/mol. The van der Waals surface area contributed by atoms with E-state index in [0.717, 1.165) is 19.4 Å². The van der Waals surface area contributed by atoms with Gasteiger partial charge in [-0.1, -0.05) is 26.8 Å². The Kier molecular flexibility index (Phi) is 6.58. The molecule has 0 radical (unpaired) electrons. The summed E-state index contributed by atoms with van der Waals surface area (Å²) in [5.74, 6) is -1.05. The highest BCUT2D eigenvalue weighted by Gasteiger charge is 2.30. The zero-order valence-electron chi connectivity index (χ0n) is 16.0. The molecule has 2 atom stereocenters. The Morgan fingerprint density at radius 1 is 1.42 bits per heavy atom. The molecule has 2 heterocycles. The quantitative estimate of drug-likeness (QED) is 0.771. The first-order valence-electron chi connectivity index (χ1n) is 8.98. The molecule has 1 aromatic rings. The lowest BCUT2D eigenvalue weighted by Crippen LogP contribution is -2.31. The number of carbonyl (C=O) groups excluding carboxylic acids is 2. The Morgan fingerprint density at radius 2 is 2.15 bits per heavy atom. The van der Waals surface area contributed by atoms with Crippen LogP contribution in [-0.4, -0.2) is 43.2 Å². The Balaban J connectivity index is 2.27. The maximum absolute atomic E-state index is 12.4. The van der Waals surface area contributed by atoms with Crippen molar-refractivity contribution in [1.29, 1.82) is 0 Å². The maximum atomic E-state index is 12.4. The van der Waals surface area contributed by atoms with Crippen molar-refractivity contribution in [2.75, 3.05) is 20.3 Å². The molecule has 3 N–H and O–H groups in total. The average Bonchev–Trinajstić information content (AvgIpc) is 3.09. The van der Waals surface area contributed by atoms with Crippen LogP contribution in [0.2, 0.25) is 0 Å². The number of nitrogens with two attached hydrogens (primary N) is 1. The fourth-order valence-electron chi connectivity index (χ4n) is 3.10. The number of primary amides is 1. The number of carbonyl (C=O) groups is 2. The number of nitrogens with zero attached hydrogens (tertiary/aromatic N) is 1. The number of nitrogens with one attached hydrogen (secondary N) is 1. The lowest BCUT2D eigenvalue weighted by molar-refractivity contribution is -0.122. The van der Waals surface area contributed by atoms with Crippen molar-refractivity contribution in [2.45, 2.75) is 52.1 Å². The molecule has 0 saturated carbocycles. The summed E-state index contributed by atoms with van der Waals surface area (Å²) < 4.78 is 11.2. The molecule has 0 aliphatic carbocycles. The molecule has 7 nitrogen and oxygen atoms in total. The van der Waals surface area contributed by atoms with Crippen LogP contribution in [0.25, 0.3) is 0 Å². The minimum absolute atomic E-state index is 0.0491. The van der Waals surface area contributed by atoms with Crippen molar-refractivity contribution < 1.29 is 19.1 Å². The minimum atomic E-state index is -0.676. The van der Waals surface area contributed by atoms with Gasteiger partial charge in [-0.2, -0.15) is 0 Å². The van der Waals surface area contributed by atoms with E-state index in [1.807, 2.05) is 20.8 Å². The van der Waals surface area contributed by atoms with E-state index >= 15 is 0 Å². The van der Waals surface area contributed by atoms with Crippen molar-refractivity contribution in [1.82, 2.24) is 10.3 Å². The van der Waals surface area contributed by atoms with Crippen LogP contribution in [0.5, 0.6) is 5.88 Å². The summed E-state index contributed by atoms with van der Waals surface area (Å²) in [6, 6.07) is 3.39. The summed E-state index contributed by atoms with van der Waals surface area (Å²) in [5, 5.41) is 2.66. The molecule has 26 heavy (non-hydrogen) atoms. The van der Waals surface area contributed by atoms with Crippen LogP contribution in [0.3, 0.4) is 0 Å². The van der Waals surface area contributed by atoms with Gasteiger partial charge in [-0.3, -0.25) is 9.59 Å². The van der Waals surface area contributed by atoms with E-state index in [2.05, 4.69) is 10.3 Å². The molecule has 0 bridgehead atoms. The van der Waals surface area contributed by atoms with Gasteiger partial charge in [0, 0.05) is 19.7 Å². The molecule has 1 fully saturated rings.